The van der Waals surface area contributed by atoms with Gasteiger partial charge in [0.15, 0.2) is 11.2 Å². The molecule has 140 valence electrons. The Balaban J connectivity index is 0.000000277. The monoisotopic (exact) mass is 431 g/mol. The van der Waals surface area contributed by atoms with E-state index < -0.39 is 11.2 Å². The van der Waals surface area contributed by atoms with Crippen molar-refractivity contribution in [3.8, 4) is 0 Å². The third kappa shape index (κ3) is 6.06. The molecule has 2 unspecified atom stereocenters. The Morgan fingerprint density at radius 1 is 1.40 bits per heavy atom. The summed E-state index contributed by atoms with van der Waals surface area (Å²) in [5.41, 5.74) is 1.87. The van der Waals surface area contributed by atoms with E-state index in [9.17, 15) is 9.00 Å². The molecule has 0 radical (unpaired) electrons. The molecule has 3 rings (SSSR count). The zero-order valence-corrected chi connectivity index (χ0v) is 17.5. The summed E-state index contributed by atoms with van der Waals surface area (Å²) in [6.07, 6.45) is 1.09. The predicted octanol–water partition coefficient (Wildman–Crippen LogP) is 2.92. The molecule has 2 heterocycles. The quantitative estimate of drug-likeness (QED) is 0.731. The minimum Gasteiger partial charge on any atom is -0.462 e. The topological polar surface area (TPSA) is 61.9 Å². The molecule has 1 aromatic carbocycles. The second-order valence-electron chi connectivity index (χ2n) is 7.26. The van der Waals surface area contributed by atoms with E-state index in [0.29, 0.717) is 12.5 Å². The van der Waals surface area contributed by atoms with Gasteiger partial charge in [0.05, 0.1) is 5.69 Å². The Bertz CT molecular complexity index is 636. The molecule has 0 spiro atoms. The summed E-state index contributed by atoms with van der Waals surface area (Å²) < 4.78 is 23.0. The minimum atomic E-state index is -1.12. The number of nitrogens with one attached hydrogen (secondary N) is 1. The fourth-order valence-electron chi connectivity index (χ4n) is 2.72. The van der Waals surface area contributed by atoms with Crippen molar-refractivity contribution < 1.29 is 13.7 Å². The summed E-state index contributed by atoms with van der Waals surface area (Å²) in [7, 11) is 2.12. The molecule has 2 aliphatic rings. The number of fused-ring (bicyclic) bond motifs is 1. The highest BCUT2D eigenvalue weighted by Gasteiger charge is 2.32. The van der Waals surface area contributed by atoms with E-state index in [1.807, 2.05) is 32.9 Å². The Hall–Kier alpha value is -0.960. The van der Waals surface area contributed by atoms with Gasteiger partial charge in [-0.2, -0.15) is 4.31 Å². The maximum Gasteiger partial charge on any atom is 0.293 e. The standard InChI is InChI=1S/C12H16BrN3OS.C5H10O2/c1-15-5-4-11(8-15)16-7-9-2-3-10(13)6-12(9)14-18(16)17;1-5(2,3)7-4-6/h2-3,6,11,14H,4-5,7-8H2,1H3;4H,1-3H3. The first-order chi connectivity index (χ1) is 11.7. The number of anilines is 1. The first-order valence-corrected chi connectivity index (χ1v) is 10.1. The Labute approximate surface area is 160 Å². The minimum absolute atomic E-state index is 0.318. The van der Waals surface area contributed by atoms with Gasteiger partial charge in [-0.1, -0.05) is 22.0 Å². The number of ether oxygens (including phenoxy) is 1. The SMILES string of the molecule is CC(C)(C)OC=O.CN1CCC(N2Cc3ccc(Br)cc3NS2=O)C1. The van der Waals surface area contributed by atoms with Crippen LogP contribution in [0.3, 0.4) is 0 Å². The molecule has 0 saturated carbocycles. The van der Waals surface area contributed by atoms with Gasteiger partial charge in [0.25, 0.3) is 6.47 Å². The number of nitrogens with zero attached hydrogens (tertiary/aromatic N) is 2. The number of halogens is 1. The van der Waals surface area contributed by atoms with E-state index in [0.717, 1.165) is 36.2 Å². The maximum atomic E-state index is 12.3. The van der Waals surface area contributed by atoms with Crippen LogP contribution in [-0.2, 0) is 27.2 Å². The van der Waals surface area contributed by atoms with Gasteiger partial charge >= 0.3 is 0 Å². The molecule has 0 aliphatic carbocycles. The second kappa shape index (κ2) is 8.62. The molecule has 1 saturated heterocycles. The summed E-state index contributed by atoms with van der Waals surface area (Å²) in [5, 5.41) is 0. The van der Waals surface area contributed by atoms with Crippen LogP contribution in [0, 0.1) is 0 Å². The largest absolute Gasteiger partial charge is 0.462 e. The molecule has 0 bridgehead atoms. The number of likely N-dealkylation sites (N-methyl/N-ethyl adjacent to an activating group) is 1. The van der Waals surface area contributed by atoms with Crippen LogP contribution in [0.25, 0.3) is 0 Å². The maximum absolute atomic E-state index is 12.3. The van der Waals surface area contributed by atoms with Gasteiger partial charge in [-0.15, -0.1) is 0 Å². The smallest absolute Gasteiger partial charge is 0.293 e. The number of carbonyl (C=O) groups excluding carboxylic acids is 1. The third-order valence-corrected chi connectivity index (χ3v) is 5.72. The summed E-state index contributed by atoms with van der Waals surface area (Å²) in [6, 6.07) is 6.51. The van der Waals surface area contributed by atoms with Crippen molar-refractivity contribution in [2.75, 3.05) is 24.9 Å². The molecular weight excluding hydrogens is 406 g/mol. The van der Waals surface area contributed by atoms with Crippen molar-refractivity contribution in [2.24, 2.45) is 0 Å². The van der Waals surface area contributed by atoms with Gasteiger partial charge in [-0.3, -0.25) is 9.52 Å². The van der Waals surface area contributed by atoms with Crippen LogP contribution in [0.1, 0.15) is 32.8 Å². The van der Waals surface area contributed by atoms with Gasteiger partial charge in [0.1, 0.15) is 5.60 Å². The number of carbonyl (C=O) groups is 1. The lowest BCUT2D eigenvalue weighted by molar-refractivity contribution is -0.138. The molecule has 0 aromatic heterocycles. The molecule has 2 atom stereocenters. The average molecular weight is 432 g/mol. The molecule has 1 fully saturated rings. The van der Waals surface area contributed by atoms with Crippen molar-refractivity contribution in [3.05, 3.63) is 28.2 Å². The molecule has 0 amide bonds. The van der Waals surface area contributed by atoms with Crippen LogP contribution < -0.4 is 4.72 Å². The first kappa shape index (κ1) is 20.4. The van der Waals surface area contributed by atoms with E-state index in [4.69, 9.17) is 0 Å². The Morgan fingerprint density at radius 3 is 2.64 bits per heavy atom. The van der Waals surface area contributed by atoms with Gasteiger partial charge < -0.3 is 9.64 Å². The van der Waals surface area contributed by atoms with Gasteiger partial charge in [-0.05, 0) is 58.5 Å². The average Bonchev–Trinajstić information content (AvgIpc) is 2.92. The van der Waals surface area contributed by atoms with Crippen molar-refractivity contribution in [3.63, 3.8) is 0 Å². The van der Waals surface area contributed by atoms with Gasteiger partial charge in [0.2, 0.25) is 0 Å². The summed E-state index contributed by atoms with van der Waals surface area (Å²) in [6.45, 7) is 8.77. The summed E-state index contributed by atoms with van der Waals surface area (Å²) in [5.74, 6) is 0. The van der Waals surface area contributed by atoms with E-state index >= 15 is 0 Å². The highest BCUT2D eigenvalue weighted by molar-refractivity contribution is 9.10. The number of likely N-dealkylation sites (tertiary alicyclic amines) is 1. The van der Waals surface area contributed by atoms with Crippen LogP contribution in [0.15, 0.2) is 22.7 Å². The fraction of sp³-hybridized carbons (Fsp3) is 0.588. The van der Waals surface area contributed by atoms with Crippen LogP contribution >= 0.6 is 15.9 Å². The number of rotatable bonds is 2. The fourth-order valence-corrected chi connectivity index (χ4v) is 4.27. The molecule has 6 nitrogen and oxygen atoms in total. The van der Waals surface area contributed by atoms with E-state index in [1.165, 1.54) is 5.56 Å². The second-order valence-corrected chi connectivity index (χ2v) is 9.35. The highest BCUT2D eigenvalue weighted by Crippen LogP contribution is 2.30. The number of hydrogen-bond donors (Lipinski definition) is 1. The molecule has 1 aromatic rings. The van der Waals surface area contributed by atoms with Crippen molar-refractivity contribution >= 4 is 39.3 Å². The van der Waals surface area contributed by atoms with Crippen molar-refractivity contribution in [1.82, 2.24) is 9.21 Å². The molecular formula is C17H26BrN3O3S. The normalized spacial score (nSPS) is 23.9. The Morgan fingerprint density at radius 2 is 2.12 bits per heavy atom. The lowest BCUT2D eigenvalue weighted by atomic mass is 10.1. The van der Waals surface area contributed by atoms with Crippen LogP contribution in [0.2, 0.25) is 0 Å². The van der Waals surface area contributed by atoms with Crippen LogP contribution in [0.4, 0.5) is 5.69 Å². The molecule has 2 aliphatic heterocycles. The summed E-state index contributed by atoms with van der Waals surface area (Å²) in [4.78, 5) is 11.9. The van der Waals surface area contributed by atoms with Gasteiger partial charge in [-0.25, -0.2) is 4.21 Å². The number of hydrogen-bond acceptors (Lipinski definition) is 4. The van der Waals surface area contributed by atoms with Crippen molar-refractivity contribution in [1.29, 1.82) is 0 Å². The highest BCUT2D eigenvalue weighted by atomic mass is 79.9. The van der Waals surface area contributed by atoms with Gasteiger partial charge in [0, 0.05) is 23.6 Å². The van der Waals surface area contributed by atoms with E-state index in [-0.39, 0.29) is 5.60 Å². The van der Waals surface area contributed by atoms with Crippen LogP contribution in [0.5, 0.6) is 0 Å². The lowest BCUT2D eigenvalue weighted by Crippen LogP contribution is -2.43. The molecule has 1 N–H and O–H groups in total. The zero-order valence-electron chi connectivity index (χ0n) is 15.1. The predicted molar refractivity (Wildman–Crippen MR) is 104 cm³/mol. The Kier molecular flexibility index (Phi) is 7.01. The molecule has 25 heavy (non-hydrogen) atoms. The zero-order chi connectivity index (χ0) is 18.6. The molecule has 8 heteroatoms. The summed E-state index contributed by atoms with van der Waals surface area (Å²) >= 11 is 2.32. The van der Waals surface area contributed by atoms with Crippen molar-refractivity contribution in [2.45, 2.75) is 45.4 Å². The first-order valence-electron chi connectivity index (χ1n) is 8.23. The number of benzene rings is 1. The van der Waals surface area contributed by atoms with Crippen LogP contribution in [-0.4, -0.2) is 51.7 Å². The van der Waals surface area contributed by atoms with E-state index in [1.54, 1.807) is 0 Å². The van der Waals surface area contributed by atoms with E-state index in [2.05, 4.69) is 47.7 Å². The third-order valence-electron chi connectivity index (χ3n) is 3.98. The lowest BCUT2D eigenvalue weighted by Gasteiger charge is -2.32.